The molecule has 0 aliphatic rings. The lowest BCUT2D eigenvalue weighted by molar-refractivity contribution is -0.140. The number of halogens is 1. The minimum atomic E-state index is -4.16. The van der Waals surface area contributed by atoms with Crippen LogP contribution in [0.4, 0.5) is 5.69 Å². The van der Waals surface area contributed by atoms with Gasteiger partial charge in [0.2, 0.25) is 11.8 Å². The van der Waals surface area contributed by atoms with E-state index in [-0.39, 0.29) is 17.3 Å². The lowest BCUT2D eigenvalue weighted by atomic mass is 10.1. The second-order valence-electron chi connectivity index (χ2n) is 10.7. The van der Waals surface area contributed by atoms with Gasteiger partial charge in [0.15, 0.2) is 0 Å². The summed E-state index contributed by atoms with van der Waals surface area (Å²) >= 11 is 6.27. The van der Waals surface area contributed by atoms with Crippen molar-refractivity contribution in [2.24, 2.45) is 0 Å². The maximum absolute atomic E-state index is 14.0. The zero-order chi connectivity index (χ0) is 29.0. The van der Waals surface area contributed by atoms with Crippen molar-refractivity contribution in [3.05, 3.63) is 94.5 Å². The first kappa shape index (κ1) is 30.2. The SMILES string of the molecule is Cc1ccc(S(=O)(=O)N(CC(=O)N(Cc2ccccc2)C(C)C(=O)NC(C)(C)C)c2cc(Cl)ccc2C)cc1. The normalized spacial score (nSPS) is 12.5. The molecule has 3 aromatic carbocycles. The van der Waals surface area contributed by atoms with Crippen molar-refractivity contribution in [3.63, 3.8) is 0 Å². The van der Waals surface area contributed by atoms with Crippen LogP contribution in [0.5, 0.6) is 0 Å². The Bertz CT molecular complexity index is 1420. The molecule has 0 fully saturated rings. The van der Waals surface area contributed by atoms with E-state index < -0.39 is 34.1 Å². The summed E-state index contributed by atoms with van der Waals surface area (Å²) in [6, 6.07) is 19.8. The van der Waals surface area contributed by atoms with Crippen LogP contribution in [-0.4, -0.2) is 43.3 Å². The Morgan fingerprint density at radius 1 is 0.949 bits per heavy atom. The van der Waals surface area contributed by atoms with Crippen LogP contribution in [0.15, 0.2) is 77.7 Å². The molecule has 0 radical (unpaired) electrons. The molecule has 39 heavy (non-hydrogen) atoms. The van der Waals surface area contributed by atoms with Crippen molar-refractivity contribution in [2.45, 2.75) is 64.6 Å². The van der Waals surface area contributed by atoms with Crippen molar-refractivity contribution < 1.29 is 18.0 Å². The molecule has 7 nitrogen and oxygen atoms in total. The van der Waals surface area contributed by atoms with Gasteiger partial charge in [0.25, 0.3) is 10.0 Å². The largest absolute Gasteiger partial charge is 0.350 e. The van der Waals surface area contributed by atoms with Crippen molar-refractivity contribution >= 4 is 39.1 Å². The summed E-state index contributed by atoms with van der Waals surface area (Å²) in [4.78, 5) is 28.6. The molecule has 0 saturated heterocycles. The van der Waals surface area contributed by atoms with Crippen LogP contribution in [0.2, 0.25) is 5.02 Å². The number of aryl methyl sites for hydroxylation is 2. The van der Waals surface area contributed by atoms with Gasteiger partial charge in [-0.15, -0.1) is 0 Å². The Balaban J connectivity index is 2.07. The Labute approximate surface area is 236 Å². The molecule has 208 valence electrons. The highest BCUT2D eigenvalue weighted by Crippen LogP contribution is 2.30. The van der Waals surface area contributed by atoms with Crippen molar-refractivity contribution in [2.75, 3.05) is 10.8 Å². The number of carbonyl (C=O) groups excluding carboxylic acids is 2. The number of carbonyl (C=O) groups is 2. The molecule has 0 heterocycles. The number of rotatable bonds is 9. The Kier molecular flexibility index (Phi) is 9.46. The Morgan fingerprint density at radius 2 is 1.56 bits per heavy atom. The summed E-state index contributed by atoms with van der Waals surface area (Å²) in [5, 5.41) is 3.26. The Hall–Kier alpha value is -3.36. The first-order valence-electron chi connectivity index (χ1n) is 12.7. The zero-order valence-electron chi connectivity index (χ0n) is 23.2. The third-order valence-corrected chi connectivity index (χ3v) is 8.20. The van der Waals surface area contributed by atoms with Gasteiger partial charge in [-0.05, 0) is 76.9 Å². The second-order valence-corrected chi connectivity index (χ2v) is 13.0. The maximum Gasteiger partial charge on any atom is 0.264 e. The van der Waals surface area contributed by atoms with Crippen molar-refractivity contribution in [1.29, 1.82) is 0 Å². The molecule has 0 aromatic heterocycles. The van der Waals surface area contributed by atoms with E-state index in [1.54, 1.807) is 38.1 Å². The third-order valence-electron chi connectivity index (χ3n) is 6.19. The predicted octanol–water partition coefficient (Wildman–Crippen LogP) is 5.48. The average molecular weight is 570 g/mol. The standard InChI is InChI=1S/C30H36ClN3O4S/c1-21-12-16-26(17-13-21)39(37,38)34(27-18-25(31)15-14-22(27)2)20-28(35)33(19-24-10-8-7-9-11-24)23(3)29(36)32-30(4,5)6/h7-18,23H,19-20H2,1-6H3,(H,32,36). The molecule has 0 aliphatic carbocycles. The van der Waals surface area contributed by atoms with E-state index in [2.05, 4.69) is 5.32 Å². The molecule has 3 aromatic rings. The molecule has 3 rings (SSSR count). The number of anilines is 1. The summed E-state index contributed by atoms with van der Waals surface area (Å²) in [6.45, 7) is 10.5. The highest BCUT2D eigenvalue weighted by Gasteiger charge is 2.34. The van der Waals surface area contributed by atoms with Crippen LogP contribution in [0.3, 0.4) is 0 Å². The van der Waals surface area contributed by atoms with E-state index in [0.29, 0.717) is 16.3 Å². The lowest BCUT2D eigenvalue weighted by Crippen LogP contribution is -2.54. The molecule has 1 atom stereocenters. The van der Waals surface area contributed by atoms with Gasteiger partial charge < -0.3 is 10.2 Å². The molecule has 1 N–H and O–H groups in total. The fourth-order valence-corrected chi connectivity index (χ4v) is 5.68. The van der Waals surface area contributed by atoms with Crippen LogP contribution >= 0.6 is 11.6 Å². The number of hydrogen-bond acceptors (Lipinski definition) is 4. The van der Waals surface area contributed by atoms with Crippen molar-refractivity contribution in [1.82, 2.24) is 10.2 Å². The Morgan fingerprint density at radius 3 is 2.15 bits per heavy atom. The quantitative estimate of drug-likeness (QED) is 0.369. The minimum Gasteiger partial charge on any atom is -0.350 e. The van der Waals surface area contributed by atoms with Gasteiger partial charge in [-0.1, -0.05) is 65.7 Å². The van der Waals surface area contributed by atoms with Crippen molar-refractivity contribution in [3.8, 4) is 0 Å². The van der Waals surface area contributed by atoms with Crippen LogP contribution in [-0.2, 0) is 26.2 Å². The molecular formula is C30H36ClN3O4S. The number of benzene rings is 3. The minimum absolute atomic E-state index is 0.0495. The summed E-state index contributed by atoms with van der Waals surface area (Å²) in [5.74, 6) is -0.857. The third kappa shape index (κ3) is 7.83. The van der Waals surface area contributed by atoms with Gasteiger partial charge in [-0.3, -0.25) is 13.9 Å². The average Bonchev–Trinajstić information content (AvgIpc) is 2.86. The van der Waals surface area contributed by atoms with Gasteiger partial charge in [0.1, 0.15) is 12.6 Å². The second kappa shape index (κ2) is 12.2. The highest BCUT2D eigenvalue weighted by atomic mass is 35.5. The van der Waals surface area contributed by atoms with Gasteiger partial charge in [-0.2, -0.15) is 0 Å². The van der Waals surface area contributed by atoms with Crippen LogP contribution in [0.1, 0.15) is 44.4 Å². The van der Waals surface area contributed by atoms with Crippen LogP contribution < -0.4 is 9.62 Å². The smallest absolute Gasteiger partial charge is 0.264 e. The van der Waals surface area contributed by atoms with Gasteiger partial charge in [0, 0.05) is 17.1 Å². The molecular weight excluding hydrogens is 534 g/mol. The fraction of sp³-hybridized carbons (Fsp3) is 0.333. The summed E-state index contributed by atoms with van der Waals surface area (Å²) in [7, 11) is -4.16. The van der Waals surface area contributed by atoms with Gasteiger partial charge >= 0.3 is 0 Å². The zero-order valence-corrected chi connectivity index (χ0v) is 24.8. The maximum atomic E-state index is 14.0. The van der Waals surface area contributed by atoms with E-state index in [4.69, 9.17) is 11.6 Å². The number of sulfonamides is 1. The number of nitrogens with one attached hydrogen (secondary N) is 1. The van der Waals surface area contributed by atoms with E-state index in [9.17, 15) is 18.0 Å². The van der Waals surface area contributed by atoms with E-state index >= 15 is 0 Å². The first-order valence-corrected chi connectivity index (χ1v) is 14.5. The molecule has 0 saturated carbocycles. The number of nitrogens with zero attached hydrogens (tertiary/aromatic N) is 2. The predicted molar refractivity (Wildman–Crippen MR) is 156 cm³/mol. The lowest BCUT2D eigenvalue weighted by Gasteiger charge is -2.34. The fourth-order valence-electron chi connectivity index (χ4n) is 4.04. The summed E-state index contributed by atoms with van der Waals surface area (Å²) < 4.78 is 29.0. The summed E-state index contributed by atoms with van der Waals surface area (Å²) in [5.41, 5.74) is 2.14. The molecule has 9 heteroatoms. The van der Waals surface area contributed by atoms with E-state index in [1.807, 2.05) is 58.0 Å². The number of amides is 2. The molecule has 0 aliphatic heterocycles. The molecule has 1 unspecified atom stereocenters. The van der Waals surface area contributed by atoms with Gasteiger partial charge in [0.05, 0.1) is 10.6 Å². The molecule has 2 amide bonds. The summed E-state index contributed by atoms with van der Waals surface area (Å²) in [6.07, 6.45) is 0. The first-order chi connectivity index (χ1) is 18.2. The molecule has 0 bridgehead atoms. The van der Waals surface area contributed by atoms with Crippen LogP contribution in [0, 0.1) is 13.8 Å². The number of hydrogen-bond donors (Lipinski definition) is 1. The molecule has 0 spiro atoms. The highest BCUT2D eigenvalue weighted by molar-refractivity contribution is 7.92. The topological polar surface area (TPSA) is 86.8 Å². The van der Waals surface area contributed by atoms with Gasteiger partial charge in [-0.25, -0.2) is 8.42 Å². The van der Waals surface area contributed by atoms with E-state index in [1.165, 1.54) is 23.1 Å². The monoisotopic (exact) mass is 569 g/mol. The van der Waals surface area contributed by atoms with E-state index in [0.717, 1.165) is 15.4 Å². The van der Waals surface area contributed by atoms with Crippen LogP contribution in [0.25, 0.3) is 0 Å².